The molecule has 1 aromatic heterocycles. The molecule has 2 fully saturated rings. The minimum atomic E-state index is -3.54. The van der Waals surface area contributed by atoms with E-state index in [0.29, 0.717) is 18.2 Å². The summed E-state index contributed by atoms with van der Waals surface area (Å²) < 4.78 is 27.2. The second-order valence-electron chi connectivity index (χ2n) is 5.64. The van der Waals surface area contributed by atoms with E-state index in [2.05, 4.69) is 15.1 Å². The Balaban J connectivity index is 1.91. The van der Waals surface area contributed by atoms with E-state index in [1.165, 1.54) is 6.20 Å². The lowest BCUT2D eigenvalue weighted by Gasteiger charge is -2.41. The van der Waals surface area contributed by atoms with Gasteiger partial charge in [-0.25, -0.2) is 8.42 Å². The van der Waals surface area contributed by atoms with Gasteiger partial charge < -0.3 is 5.73 Å². The van der Waals surface area contributed by atoms with Crippen molar-refractivity contribution in [2.24, 2.45) is 5.73 Å². The molecule has 2 aliphatic rings. The number of nitrogens with two attached hydrogens (primary N) is 1. The molecule has 3 rings (SSSR count). The number of hydrogen-bond donors (Lipinski definition) is 2. The van der Waals surface area contributed by atoms with Gasteiger partial charge >= 0.3 is 0 Å². The number of aromatic nitrogens is 2. The third-order valence-corrected chi connectivity index (χ3v) is 6.34. The van der Waals surface area contributed by atoms with E-state index in [1.807, 2.05) is 6.92 Å². The Labute approximate surface area is 119 Å². The zero-order valence-electron chi connectivity index (χ0n) is 11.6. The molecule has 0 aliphatic carbocycles. The summed E-state index contributed by atoms with van der Waals surface area (Å²) in [5.41, 5.74) is 6.14. The molecule has 2 aliphatic heterocycles. The van der Waals surface area contributed by atoms with E-state index in [9.17, 15) is 8.42 Å². The zero-order chi connectivity index (χ0) is 14.3. The predicted octanol–water partition coefficient (Wildman–Crippen LogP) is -0.274. The number of rotatable bonds is 3. The van der Waals surface area contributed by atoms with E-state index >= 15 is 0 Å². The average Bonchev–Trinajstić information content (AvgIpc) is 3.05. The van der Waals surface area contributed by atoms with Gasteiger partial charge in [0.15, 0.2) is 5.03 Å². The van der Waals surface area contributed by atoms with Crippen LogP contribution in [0.25, 0.3) is 0 Å². The SMILES string of the molecule is CC1CN2CCCC2CN1S(=O)(=O)c1[nH]ncc1CN. The fraction of sp³-hybridized carbons (Fsp3) is 0.750. The second-order valence-corrected chi connectivity index (χ2v) is 7.47. The first-order valence-corrected chi connectivity index (χ1v) is 8.46. The van der Waals surface area contributed by atoms with Crippen LogP contribution < -0.4 is 5.73 Å². The highest BCUT2D eigenvalue weighted by Crippen LogP contribution is 2.29. The fourth-order valence-electron chi connectivity index (χ4n) is 3.28. The Hall–Kier alpha value is -0.960. The van der Waals surface area contributed by atoms with Gasteiger partial charge in [0.2, 0.25) is 0 Å². The molecular formula is C12H21N5O2S. The van der Waals surface area contributed by atoms with Crippen LogP contribution >= 0.6 is 0 Å². The van der Waals surface area contributed by atoms with Gasteiger partial charge in [0.1, 0.15) is 0 Å². The van der Waals surface area contributed by atoms with Gasteiger partial charge in [0.25, 0.3) is 10.0 Å². The molecule has 0 bridgehead atoms. The van der Waals surface area contributed by atoms with E-state index in [4.69, 9.17) is 5.73 Å². The molecule has 112 valence electrons. The first-order chi connectivity index (χ1) is 9.54. The summed E-state index contributed by atoms with van der Waals surface area (Å²) in [6.45, 7) is 4.58. The molecule has 0 saturated carbocycles. The van der Waals surface area contributed by atoms with Crippen LogP contribution in [0.2, 0.25) is 0 Å². The maximum absolute atomic E-state index is 12.8. The molecule has 0 radical (unpaired) electrons. The van der Waals surface area contributed by atoms with E-state index in [0.717, 1.165) is 25.9 Å². The molecule has 3 N–H and O–H groups in total. The number of piperazine rings is 1. The van der Waals surface area contributed by atoms with Gasteiger partial charge in [-0.05, 0) is 26.3 Å². The highest BCUT2D eigenvalue weighted by molar-refractivity contribution is 7.89. The average molecular weight is 299 g/mol. The zero-order valence-corrected chi connectivity index (χ0v) is 12.4. The van der Waals surface area contributed by atoms with Crippen molar-refractivity contribution in [2.75, 3.05) is 19.6 Å². The van der Waals surface area contributed by atoms with Crippen LogP contribution in [0.3, 0.4) is 0 Å². The monoisotopic (exact) mass is 299 g/mol. The number of aromatic amines is 1. The van der Waals surface area contributed by atoms with E-state index in [-0.39, 0.29) is 17.6 Å². The molecule has 2 saturated heterocycles. The number of sulfonamides is 1. The summed E-state index contributed by atoms with van der Waals surface area (Å²) in [5, 5.41) is 6.58. The molecule has 0 amide bonds. The molecule has 2 unspecified atom stereocenters. The summed E-state index contributed by atoms with van der Waals surface area (Å²) in [4.78, 5) is 2.40. The summed E-state index contributed by atoms with van der Waals surface area (Å²) >= 11 is 0. The molecule has 0 aromatic carbocycles. The van der Waals surface area contributed by atoms with Crippen LogP contribution in [0.5, 0.6) is 0 Å². The largest absolute Gasteiger partial charge is 0.326 e. The van der Waals surface area contributed by atoms with Crippen molar-refractivity contribution in [3.63, 3.8) is 0 Å². The first kappa shape index (κ1) is 14.0. The normalized spacial score (nSPS) is 28.7. The summed E-state index contributed by atoms with van der Waals surface area (Å²) in [6, 6.07) is 0.327. The smallest absolute Gasteiger partial charge is 0.260 e. The van der Waals surface area contributed by atoms with Crippen LogP contribution in [0.4, 0.5) is 0 Å². The Morgan fingerprint density at radius 1 is 1.50 bits per heavy atom. The van der Waals surface area contributed by atoms with Crippen LogP contribution in [0.15, 0.2) is 11.2 Å². The van der Waals surface area contributed by atoms with Crippen LogP contribution in [-0.2, 0) is 16.6 Å². The van der Waals surface area contributed by atoms with E-state index in [1.54, 1.807) is 4.31 Å². The predicted molar refractivity (Wildman–Crippen MR) is 74.4 cm³/mol. The Morgan fingerprint density at radius 2 is 2.30 bits per heavy atom. The number of nitrogens with zero attached hydrogens (tertiary/aromatic N) is 3. The fourth-order valence-corrected chi connectivity index (χ4v) is 5.06. The lowest BCUT2D eigenvalue weighted by Crippen LogP contribution is -2.56. The summed E-state index contributed by atoms with van der Waals surface area (Å²) in [5.74, 6) is 0. The third-order valence-electron chi connectivity index (χ3n) is 4.34. The van der Waals surface area contributed by atoms with E-state index < -0.39 is 10.0 Å². The van der Waals surface area contributed by atoms with Crippen LogP contribution in [0, 0.1) is 0 Å². The number of H-pyrrole nitrogens is 1. The highest BCUT2D eigenvalue weighted by Gasteiger charge is 2.41. The van der Waals surface area contributed by atoms with Crippen molar-refractivity contribution in [1.82, 2.24) is 19.4 Å². The maximum atomic E-state index is 12.8. The molecule has 0 spiro atoms. The van der Waals surface area contributed by atoms with Gasteiger partial charge in [-0.1, -0.05) is 0 Å². The molecule has 8 heteroatoms. The first-order valence-electron chi connectivity index (χ1n) is 7.02. The van der Waals surface area contributed by atoms with Gasteiger partial charge in [-0.15, -0.1) is 0 Å². The Kier molecular flexibility index (Phi) is 3.57. The standard InChI is InChI=1S/C12H21N5O2S/c1-9-7-16-4-2-3-11(16)8-17(9)20(18,19)12-10(5-13)6-14-15-12/h6,9,11H,2-5,7-8,13H2,1H3,(H,14,15). The topological polar surface area (TPSA) is 95.3 Å². The highest BCUT2D eigenvalue weighted by atomic mass is 32.2. The van der Waals surface area contributed by atoms with Gasteiger partial charge in [-0.3, -0.25) is 10.00 Å². The van der Waals surface area contributed by atoms with Gasteiger partial charge in [0.05, 0.1) is 6.20 Å². The Morgan fingerprint density at radius 3 is 3.05 bits per heavy atom. The molecule has 7 nitrogen and oxygen atoms in total. The van der Waals surface area contributed by atoms with Crippen molar-refractivity contribution in [2.45, 2.75) is 43.4 Å². The van der Waals surface area contributed by atoms with Crippen molar-refractivity contribution in [1.29, 1.82) is 0 Å². The minimum absolute atomic E-state index is 0.0247. The lowest BCUT2D eigenvalue weighted by atomic mass is 10.1. The molecule has 1 aromatic rings. The minimum Gasteiger partial charge on any atom is -0.326 e. The van der Waals surface area contributed by atoms with Crippen LogP contribution in [0.1, 0.15) is 25.3 Å². The van der Waals surface area contributed by atoms with Gasteiger partial charge in [0, 0.05) is 37.3 Å². The van der Waals surface area contributed by atoms with Crippen molar-refractivity contribution in [3.8, 4) is 0 Å². The Bertz CT molecular complexity index is 584. The van der Waals surface area contributed by atoms with Gasteiger partial charge in [-0.2, -0.15) is 9.40 Å². The number of hydrogen-bond acceptors (Lipinski definition) is 5. The second kappa shape index (κ2) is 5.10. The summed E-state index contributed by atoms with van der Waals surface area (Å²) in [6.07, 6.45) is 3.72. The maximum Gasteiger partial charge on any atom is 0.260 e. The van der Waals surface area contributed by atoms with Crippen molar-refractivity contribution < 1.29 is 8.42 Å². The number of nitrogens with one attached hydrogen (secondary N) is 1. The molecule has 20 heavy (non-hydrogen) atoms. The van der Waals surface area contributed by atoms with Crippen LogP contribution in [-0.4, -0.2) is 59.5 Å². The molecule has 3 heterocycles. The van der Waals surface area contributed by atoms with Crippen molar-refractivity contribution >= 4 is 10.0 Å². The summed E-state index contributed by atoms with van der Waals surface area (Å²) in [7, 11) is -3.54. The lowest BCUT2D eigenvalue weighted by molar-refractivity contribution is 0.117. The molecular weight excluding hydrogens is 278 g/mol. The number of fused-ring (bicyclic) bond motifs is 1. The molecule has 2 atom stereocenters. The van der Waals surface area contributed by atoms with Crippen molar-refractivity contribution in [3.05, 3.63) is 11.8 Å². The quantitative estimate of drug-likeness (QED) is 0.801. The third kappa shape index (κ3) is 2.16.